The van der Waals surface area contributed by atoms with Crippen LogP contribution >= 0.6 is 22.6 Å². The molecule has 2 rings (SSSR count). The average Bonchev–Trinajstić information content (AvgIpc) is 2.54. The van der Waals surface area contributed by atoms with Crippen LogP contribution in [0.3, 0.4) is 0 Å². The van der Waals surface area contributed by atoms with E-state index in [1.165, 1.54) is 5.56 Å². The molecule has 2 aromatic carbocycles. The Balaban J connectivity index is 2.21. The summed E-state index contributed by atoms with van der Waals surface area (Å²) in [5.74, 6) is 1.02. The van der Waals surface area contributed by atoms with E-state index < -0.39 is 0 Å². The Morgan fingerprint density at radius 1 is 1.09 bits per heavy atom. The molecule has 0 fully saturated rings. The Morgan fingerprint density at radius 2 is 1.65 bits per heavy atom. The van der Waals surface area contributed by atoms with Gasteiger partial charge in [-0.15, -0.1) is 0 Å². The second-order valence-electron chi connectivity index (χ2n) is 5.29. The van der Waals surface area contributed by atoms with Gasteiger partial charge < -0.3 is 14.8 Å². The molecule has 2 aromatic rings. The van der Waals surface area contributed by atoms with Gasteiger partial charge in [0.25, 0.3) is 5.91 Å². The van der Waals surface area contributed by atoms with Gasteiger partial charge in [0.1, 0.15) is 0 Å². The molecule has 0 aromatic heterocycles. The predicted molar refractivity (Wildman–Crippen MR) is 99.3 cm³/mol. The first-order chi connectivity index (χ1) is 11.0. The van der Waals surface area contributed by atoms with Crippen molar-refractivity contribution in [2.45, 2.75) is 19.9 Å². The molecule has 1 unspecified atom stereocenters. The molecule has 1 atom stereocenters. The van der Waals surface area contributed by atoms with Crippen molar-refractivity contribution in [2.24, 2.45) is 0 Å². The van der Waals surface area contributed by atoms with Gasteiger partial charge in [-0.1, -0.05) is 29.8 Å². The average molecular weight is 425 g/mol. The van der Waals surface area contributed by atoms with Crippen molar-refractivity contribution in [3.63, 3.8) is 0 Å². The molecule has 0 bridgehead atoms. The van der Waals surface area contributed by atoms with E-state index in [0.717, 1.165) is 9.13 Å². The van der Waals surface area contributed by atoms with Crippen LogP contribution in [0.4, 0.5) is 0 Å². The molecule has 122 valence electrons. The van der Waals surface area contributed by atoms with Crippen LogP contribution < -0.4 is 14.8 Å². The van der Waals surface area contributed by atoms with E-state index in [-0.39, 0.29) is 11.9 Å². The fourth-order valence-electron chi connectivity index (χ4n) is 2.24. The normalized spacial score (nSPS) is 11.7. The summed E-state index contributed by atoms with van der Waals surface area (Å²) in [5.41, 5.74) is 2.84. The molecule has 5 heteroatoms. The zero-order valence-corrected chi connectivity index (χ0v) is 15.8. The van der Waals surface area contributed by atoms with Crippen LogP contribution in [-0.2, 0) is 0 Å². The second kappa shape index (κ2) is 7.68. The van der Waals surface area contributed by atoms with E-state index in [4.69, 9.17) is 9.47 Å². The minimum Gasteiger partial charge on any atom is -0.493 e. The van der Waals surface area contributed by atoms with Crippen LogP contribution in [0.15, 0.2) is 36.4 Å². The standard InChI is InChI=1S/C18H20INO3/c1-11-5-7-13(8-6-11)12(2)20-18(21)14-9-16(22-3)17(23-4)10-15(14)19/h5-10,12H,1-4H3,(H,20,21). The van der Waals surface area contributed by atoms with Crippen molar-refractivity contribution in [1.29, 1.82) is 0 Å². The predicted octanol–water partition coefficient (Wildman–Crippen LogP) is 4.11. The summed E-state index contributed by atoms with van der Waals surface area (Å²) in [6, 6.07) is 11.6. The summed E-state index contributed by atoms with van der Waals surface area (Å²) in [5, 5.41) is 3.02. The van der Waals surface area contributed by atoms with Gasteiger partial charge in [0.15, 0.2) is 11.5 Å². The number of benzene rings is 2. The number of ether oxygens (including phenoxy) is 2. The number of halogens is 1. The zero-order valence-electron chi connectivity index (χ0n) is 13.6. The van der Waals surface area contributed by atoms with Gasteiger partial charge >= 0.3 is 0 Å². The number of amides is 1. The molecule has 0 radical (unpaired) electrons. The van der Waals surface area contributed by atoms with E-state index in [1.54, 1.807) is 26.4 Å². The summed E-state index contributed by atoms with van der Waals surface area (Å²) in [6.07, 6.45) is 0. The van der Waals surface area contributed by atoms with Crippen LogP contribution in [0.1, 0.15) is 34.5 Å². The molecule has 23 heavy (non-hydrogen) atoms. The molecular formula is C18H20INO3. The summed E-state index contributed by atoms with van der Waals surface area (Å²) >= 11 is 2.13. The highest BCUT2D eigenvalue weighted by molar-refractivity contribution is 14.1. The lowest BCUT2D eigenvalue weighted by Crippen LogP contribution is -2.27. The van der Waals surface area contributed by atoms with Crippen molar-refractivity contribution >= 4 is 28.5 Å². The van der Waals surface area contributed by atoms with Crippen LogP contribution in [0.2, 0.25) is 0 Å². The Hall–Kier alpha value is -1.76. The smallest absolute Gasteiger partial charge is 0.252 e. The first kappa shape index (κ1) is 17.6. The largest absolute Gasteiger partial charge is 0.493 e. The molecule has 1 N–H and O–H groups in total. The molecule has 0 saturated carbocycles. The van der Waals surface area contributed by atoms with Gasteiger partial charge in [-0.3, -0.25) is 4.79 Å². The fourth-order valence-corrected chi connectivity index (χ4v) is 2.92. The number of hydrogen-bond donors (Lipinski definition) is 1. The van der Waals surface area contributed by atoms with Crippen molar-refractivity contribution < 1.29 is 14.3 Å². The van der Waals surface area contributed by atoms with Crippen molar-refractivity contribution in [1.82, 2.24) is 5.32 Å². The van der Waals surface area contributed by atoms with Gasteiger partial charge in [0, 0.05) is 3.57 Å². The quantitative estimate of drug-likeness (QED) is 0.734. The Labute approximate surface area is 150 Å². The van der Waals surface area contributed by atoms with Crippen LogP contribution in [-0.4, -0.2) is 20.1 Å². The van der Waals surface area contributed by atoms with Crippen LogP contribution in [0.25, 0.3) is 0 Å². The minimum absolute atomic E-state index is 0.0769. The lowest BCUT2D eigenvalue weighted by molar-refractivity contribution is 0.0938. The summed E-state index contributed by atoms with van der Waals surface area (Å²) in [7, 11) is 3.13. The number of methoxy groups -OCH3 is 2. The summed E-state index contributed by atoms with van der Waals surface area (Å²) < 4.78 is 11.3. The summed E-state index contributed by atoms with van der Waals surface area (Å²) in [4.78, 5) is 12.6. The number of aryl methyl sites for hydroxylation is 1. The molecule has 0 saturated heterocycles. The van der Waals surface area contributed by atoms with E-state index in [2.05, 4.69) is 27.9 Å². The number of carbonyl (C=O) groups excluding carboxylic acids is 1. The maximum Gasteiger partial charge on any atom is 0.252 e. The second-order valence-corrected chi connectivity index (χ2v) is 6.46. The third-order valence-corrected chi connectivity index (χ3v) is 4.54. The van der Waals surface area contributed by atoms with Crippen molar-refractivity contribution in [2.75, 3.05) is 14.2 Å². The van der Waals surface area contributed by atoms with Gasteiger partial charge in [-0.25, -0.2) is 0 Å². The molecule has 0 aliphatic heterocycles. The number of nitrogens with one attached hydrogen (secondary N) is 1. The number of carbonyl (C=O) groups is 1. The first-order valence-electron chi connectivity index (χ1n) is 7.25. The maximum absolute atomic E-state index is 12.6. The highest BCUT2D eigenvalue weighted by Gasteiger charge is 2.17. The molecule has 1 amide bonds. The molecule has 0 heterocycles. The van der Waals surface area contributed by atoms with E-state index in [9.17, 15) is 4.79 Å². The highest BCUT2D eigenvalue weighted by Crippen LogP contribution is 2.31. The Morgan fingerprint density at radius 3 is 2.22 bits per heavy atom. The molecule has 4 nitrogen and oxygen atoms in total. The third kappa shape index (κ3) is 4.16. The topological polar surface area (TPSA) is 47.6 Å². The van der Waals surface area contributed by atoms with Gasteiger partial charge in [0.05, 0.1) is 25.8 Å². The molecule has 0 aliphatic rings. The lowest BCUT2D eigenvalue weighted by Gasteiger charge is -2.16. The first-order valence-corrected chi connectivity index (χ1v) is 8.33. The van der Waals surface area contributed by atoms with Gasteiger partial charge in [-0.05, 0) is 54.1 Å². The molecule has 0 spiro atoms. The van der Waals surface area contributed by atoms with Crippen LogP contribution in [0, 0.1) is 10.5 Å². The summed E-state index contributed by atoms with van der Waals surface area (Å²) in [6.45, 7) is 4.01. The maximum atomic E-state index is 12.6. The minimum atomic E-state index is -0.136. The van der Waals surface area contributed by atoms with Gasteiger partial charge in [0.2, 0.25) is 0 Å². The Bertz CT molecular complexity index is 698. The van der Waals surface area contributed by atoms with Gasteiger partial charge in [-0.2, -0.15) is 0 Å². The zero-order chi connectivity index (χ0) is 17.0. The lowest BCUT2D eigenvalue weighted by atomic mass is 10.1. The SMILES string of the molecule is COc1cc(I)c(C(=O)NC(C)c2ccc(C)cc2)cc1OC. The van der Waals surface area contributed by atoms with E-state index in [0.29, 0.717) is 17.1 Å². The van der Waals surface area contributed by atoms with Crippen molar-refractivity contribution in [3.8, 4) is 11.5 Å². The van der Waals surface area contributed by atoms with E-state index in [1.807, 2.05) is 38.1 Å². The number of rotatable bonds is 5. The van der Waals surface area contributed by atoms with Crippen molar-refractivity contribution in [3.05, 3.63) is 56.7 Å². The fraction of sp³-hybridized carbons (Fsp3) is 0.278. The monoisotopic (exact) mass is 425 g/mol. The Kier molecular flexibility index (Phi) is 5.87. The van der Waals surface area contributed by atoms with Crippen LogP contribution in [0.5, 0.6) is 11.5 Å². The third-order valence-electron chi connectivity index (χ3n) is 3.64. The highest BCUT2D eigenvalue weighted by atomic mass is 127. The molecular weight excluding hydrogens is 405 g/mol. The van der Waals surface area contributed by atoms with E-state index >= 15 is 0 Å². The number of hydrogen-bond acceptors (Lipinski definition) is 3. The molecule has 0 aliphatic carbocycles.